The Morgan fingerprint density at radius 3 is 2.80 bits per heavy atom. The van der Waals surface area contributed by atoms with Crippen LogP contribution in [0.25, 0.3) is 10.9 Å². The molecule has 0 atom stereocenters. The van der Waals surface area contributed by atoms with Crippen LogP contribution in [0.4, 0.5) is 0 Å². The molecule has 0 radical (unpaired) electrons. The van der Waals surface area contributed by atoms with E-state index in [1.165, 1.54) is 0 Å². The normalized spacial score (nSPS) is 10.9. The van der Waals surface area contributed by atoms with Gasteiger partial charge in [-0.1, -0.05) is 28.9 Å². The average molecular weight is 266 g/mol. The summed E-state index contributed by atoms with van der Waals surface area (Å²) in [6.07, 6.45) is 1.80. The maximum atomic E-state index is 11.1. The highest BCUT2D eigenvalue weighted by Gasteiger charge is 2.14. The summed E-state index contributed by atoms with van der Waals surface area (Å²) in [5, 5.41) is 1.16. The monoisotopic (exact) mass is 265 g/mol. The number of halogens is 1. The summed E-state index contributed by atoms with van der Waals surface area (Å²) >= 11 is 3.54. The molecule has 1 aromatic heterocycles. The lowest BCUT2D eigenvalue weighted by Gasteiger charge is -1.97. The molecule has 0 spiro atoms. The van der Waals surface area contributed by atoms with Crippen LogP contribution in [-0.4, -0.2) is 10.9 Å². The van der Waals surface area contributed by atoms with Crippen molar-refractivity contribution in [2.45, 2.75) is 13.3 Å². The molecule has 0 fully saturated rings. The van der Waals surface area contributed by atoms with E-state index in [0.717, 1.165) is 39.3 Å². The van der Waals surface area contributed by atoms with Crippen molar-refractivity contribution < 1.29 is 4.79 Å². The molecule has 3 heteroatoms. The maximum absolute atomic E-state index is 11.1. The molecule has 0 aliphatic heterocycles. The van der Waals surface area contributed by atoms with Gasteiger partial charge in [0.1, 0.15) is 0 Å². The highest BCUT2D eigenvalue weighted by molar-refractivity contribution is 9.10. The van der Waals surface area contributed by atoms with Crippen molar-refractivity contribution in [3.05, 3.63) is 33.9 Å². The zero-order chi connectivity index (χ0) is 11.0. The molecular formula is C12H12BrNO. The van der Waals surface area contributed by atoms with Crippen molar-refractivity contribution in [1.82, 2.24) is 4.57 Å². The second-order valence-corrected chi connectivity index (χ2v) is 4.38. The second-order valence-electron chi connectivity index (χ2n) is 3.53. The number of aromatic nitrogens is 1. The molecule has 0 aliphatic carbocycles. The van der Waals surface area contributed by atoms with E-state index in [9.17, 15) is 4.79 Å². The van der Waals surface area contributed by atoms with Gasteiger partial charge in [0.2, 0.25) is 0 Å². The van der Waals surface area contributed by atoms with Gasteiger partial charge in [0.25, 0.3) is 0 Å². The lowest BCUT2D eigenvalue weighted by molar-refractivity contribution is 0.111. The Morgan fingerprint density at radius 2 is 2.20 bits per heavy atom. The van der Waals surface area contributed by atoms with Gasteiger partial charge in [-0.15, -0.1) is 0 Å². The van der Waals surface area contributed by atoms with E-state index in [1.54, 1.807) is 0 Å². The van der Waals surface area contributed by atoms with E-state index in [0.29, 0.717) is 0 Å². The molecule has 0 bridgehead atoms. The number of carbonyl (C=O) groups excluding carboxylic acids is 1. The fraction of sp³-hybridized carbons (Fsp3) is 0.250. The lowest BCUT2D eigenvalue weighted by Crippen LogP contribution is -1.96. The second kappa shape index (κ2) is 3.81. The van der Waals surface area contributed by atoms with Gasteiger partial charge in [0, 0.05) is 22.4 Å². The van der Waals surface area contributed by atoms with Crippen molar-refractivity contribution in [3.8, 4) is 0 Å². The van der Waals surface area contributed by atoms with Crippen molar-refractivity contribution >= 4 is 33.1 Å². The SMILES string of the molecule is CCc1c(C=O)n(C)c2cccc(Br)c12. The molecule has 0 saturated carbocycles. The smallest absolute Gasteiger partial charge is 0.166 e. The van der Waals surface area contributed by atoms with Crippen molar-refractivity contribution in [2.24, 2.45) is 7.05 Å². The fourth-order valence-electron chi connectivity index (χ4n) is 2.06. The summed E-state index contributed by atoms with van der Waals surface area (Å²) in [6.45, 7) is 2.07. The number of hydrogen-bond donors (Lipinski definition) is 0. The predicted molar refractivity (Wildman–Crippen MR) is 65.4 cm³/mol. The summed E-state index contributed by atoms with van der Waals surface area (Å²) in [6, 6.07) is 6.03. The predicted octanol–water partition coefficient (Wildman–Crippen LogP) is 3.32. The van der Waals surface area contributed by atoms with Crippen molar-refractivity contribution in [3.63, 3.8) is 0 Å². The first-order valence-corrected chi connectivity index (χ1v) is 5.71. The minimum absolute atomic E-state index is 0.777. The summed E-state index contributed by atoms with van der Waals surface area (Å²) in [4.78, 5) is 11.1. The van der Waals surface area contributed by atoms with Crippen LogP contribution in [0.5, 0.6) is 0 Å². The molecule has 0 saturated heterocycles. The van der Waals surface area contributed by atoms with Gasteiger partial charge in [-0.2, -0.15) is 0 Å². The Morgan fingerprint density at radius 1 is 1.47 bits per heavy atom. The Bertz CT molecular complexity index is 528. The Hall–Kier alpha value is -1.09. The molecule has 0 amide bonds. The number of carbonyl (C=O) groups is 1. The average Bonchev–Trinajstić information content (AvgIpc) is 2.53. The number of aldehydes is 1. The molecule has 78 valence electrons. The number of hydrogen-bond acceptors (Lipinski definition) is 1. The van der Waals surface area contributed by atoms with Crippen LogP contribution in [0.15, 0.2) is 22.7 Å². The Balaban J connectivity index is 2.98. The largest absolute Gasteiger partial charge is 0.341 e. The van der Waals surface area contributed by atoms with E-state index >= 15 is 0 Å². The van der Waals surface area contributed by atoms with Gasteiger partial charge in [0.15, 0.2) is 6.29 Å². The third-order valence-corrected chi connectivity index (χ3v) is 3.45. The van der Waals surface area contributed by atoms with Crippen LogP contribution >= 0.6 is 15.9 Å². The topological polar surface area (TPSA) is 22.0 Å². The molecule has 0 aliphatic rings. The van der Waals surface area contributed by atoms with E-state index in [2.05, 4.69) is 22.9 Å². The first-order chi connectivity index (χ1) is 7.20. The minimum atomic E-state index is 0.777. The van der Waals surface area contributed by atoms with Gasteiger partial charge in [-0.05, 0) is 24.1 Å². The standard InChI is InChI=1S/C12H12BrNO/c1-3-8-11(7-15)14(2)10-6-4-5-9(13)12(8)10/h4-7H,3H2,1-2H3. The molecule has 1 heterocycles. The fourth-order valence-corrected chi connectivity index (χ4v) is 2.65. The molecular weight excluding hydrogens is 254 g/mol. The molecule has 0 unspecified atom stereocenters. The van der Waals surface area contributed by atoms with Gasteiger partial charge in [-0.25, -0.2) is 0 Å². The molecule has 2 nitrogen and oxygen atoms in total. The van der Waals surface area contributed by atoms with E-state index in [4.69, 9.17) is 0 Å². The quantitative estimate of drug-likeness (QED) is 0.764. The first-order valence-electron chi connectivity index (χ1n) is 4.91. The molecule has 0 N–H and O–H groups in total. The number of fused-ring (bicyclic) bond motifs is 1. The van der Waals surface area contributed by atoms with Gasteiger partial charge in [0.05, 0.1) is 5.69 Å². The zero-order valence-corrected chi connectivity index (χ0v) is 10.3. The highest BCUT2D eigenvalue weighted by atomic mass is 79.9. The minimum Gasteiger partial charge on any atom is -0.341 e. The number of rotatable bonds is 2. The number of benzene rings is 1. The maximum Gasteiger partial charge on any atom is 0.166 e. The van der Waals surface area contributed by atoms with E-state index in [-0.39, 0.29) is 0 Å². The van der Waals surface area contributed by atoms with Crippen LogP contribution in [-0.2, 0) is 13.5 Å². The summed E-state index contributed by atoms with van der Waals surface area (Å²) in [5.74, 6) is 0. The third-order valence-electron chi connectivity index (χ3n) is 2.79. The van der Waals surface area contributed by atoms with Crippen LogP contribution in [0.3, 0.4) is 0 Å². The van der Waals surface area contributed by atoms with E-state index in [1.807, 2.05) is 29.8 Å². The highest BCUT2D eigenvalue weighted by Crippen LogP contribution is 2.31. The van der Waals surface area contributed by atoms with Crippen LogP contribution in [0.1, 0.15) is 23.0 Å². The van der Waals surface area contributed by atoms with E-state index < -0.39 is 0 Å². The molecule has 15 heavy (non-hydrogen) atoms. The third kappa shape index (κ3) is 1.42. The number of aryl methyl sites for hydroxylation is 2. The van der Waals surface area contributed by atoms with Gasteiger partial charge < -0.3 is 4.57 Å². The summed E-state index contributed by atoms with van der Waals surface area (Å²) in [7, 11) is 1.93. The van der Waals surface area contributed by atoms with Crippen LogP contribution < -0.4 is 0 Å². The summed E-state index contributed by atoms with van der Waals surface area (Å²) in [5.41, 5.74) is 3.00. The summed E-state index contributed by atoms with van der Waals surface area (Å²) < 4.78 is 3.01. The molecule has 2 rings (SSSR count). The van der Waals surface area contributed by atoms with Crippen molar-refractivity contribution in [1.29, 1.82) is 0 Å². The van der Waals surface area contributed by atoms with Crippen LogP contribution in [0.2, 0.25) is 0 Å². The zero-order valence-electron chi connectivity index (χ0n) is 8.75. The Labute approximate surface area is 97.0 Å². The molecule has 1 aromatic carbocycles. The van der Waals surface area contributed by atoms with Gasteiger partial charge >= 0.3 is 0 Å². The van der Waals surface area contributed by atoms with Crippen LogP contribution in [0, 0.1) is 0 Å². The van der Waals surface area contributed by atoms with Gasteiger partial charge in [-0.3, -0.25) is 4.79 Å². The Kier molecular flexibility index (Phi) is 2.65. The first kappa shape index (κ1) is 10.4. The number of nitrogens with zero attached hydrogens (tertiary/aromatic N) is 1. The van der Waals surface area contributed by atoms with Crippen molar-refractivity contribution in [2.75, 3.05) is 0 Å². The lowest BCUT2D eigenvalue weighted by atomic mass is 10.1. The molecule has 2 aromatic rings.